The van der Waals surface area contributed by atoms with Gasteiger partial charge in [-0.1, -0.05) is 54.1 Å². The van der Waals surface area contributed by atoms with Crippen LogP contribution in [0.5, 0.6) is 5.75 Å². The van der Waals surface area contributed by atoms with E-state index in [1.165, 1.54) is 0 Å². The standard InChI is InChI=1S/C18H13ClO2/c1-21-18-15-5-3-2-4-12(15)8-11-16(20)17(18)13-6-9-14(19)10-7-13/h2-11H,1H3. The molecule has 3 rings (SSSR count). The molecule has 0 heterocycles. The molecule has 0 aromatic heterocycles. The van der Waals surface area contributed by atoms with Crippen LogP contribution in [0, 0.1) is 0 Å². The van der Waals surface area contributed by atoms with Gasteiger partial charge in [-0.25, -0.2) is 0 Å². The minimum Gasteiger partial charge on any atom is -0.495 e. The summed E-state index contributed by atoms with van der Waals surface area (Å²) in [4.78, 5) is 12.5. The quantitative estimate of drug-likeness (QED) is 0.694. The van der Waals surface area contributed by atoms with Crippen LogP contribution >= 0.6 is 11.6 Å². The molecule has 2 nitrogen and oxygen atoms in total. The molecule has 3 aromatic carbocycles. The van der Waals surface area contributed by atoms with Crippen molar-refractivity contribution in [2.24, 2.45) is 0 Å². The first-order chi connectivity index (χ1) is 10.2. The van der Waals surface area contributed by atoms with E-state index >= 15 is 0 Å². The molecule has 0 saturated carbocycles. The van der Waals surface area contributed by atoms with E-state index in [-0.39, 0.29) is 5.43 Å². The second-order valence-electron chi connectivity index (χ2n) is 4.70. The third kappa shape index (κ3) is 2.50. The number of halogens is 1. The van der Waals surface area contributed by atoms with E-state index in [1.54, 1.807) is 25.3 Å². The highest BCUT2D eigenvalue weighted by molar-refractivity contribution is 6.30. The molecule has 0 radical (unpaired) electrons. The Labute approximate surface area is 127 Å². The number of ether oxygens (including phenoxy) is 1. The van der Waals surface area contributed by atoms with Crippen LogP contribution in [0.3, 0.4) is 0 Å². The molecular formula is C18H13ClO2. The first-order valence-electron chi connectivity index (χ1n) is 6.56. The van der Waals surface area contributed by atoms with Gasteiger partial charge in [-0.2, -0.15) is 0 Å². The number of fused-ring (bicyclic) bond motifs is 1. The smallest absolute Gasteiger partial charge is 0.190 e. The molecule has 0 aliphatic heterocycles. The maximum Gasteiger partial charge on any atom is 0.190 e. The highest BCUT2D eigenvalue weighted by atomic mass is 35.5. The number of benzene rings is 2. The van der Waals surface area contributed by atoms with Crippen molar-refractivity contribution in [2.75, 3.05) is 7.11 Å². The predicted molar refractivity (Wildman–Crippen MR) is 87.2 cm³/mol. The van der Waals surface area contributed by atoms with Crippen molar-refractivity contribution < 1.29 is 4.74 Å². The van der Waals surface area contributed by atoms with E-state index in [9.17, 15) is 4.79 Å². The molecular weight excluding hydrogens is 284 g/mol. The lowest BCUT2D eigenvalue weighted by molar-refractivity contribution is 0.421. The Morgan fingerprint density at radius 1 is 0.905 bits per heavy atom. The third-order valence-electron chi connectivity index (χ3n) is 3.43. The van der Waals surface area contributed by atoms with Crippen LogP contribution in [-0.2, 0) is 0 Å². The summed E-state index contributed by atoms with van der Waals surface area (Å²) < 4.78 is 5.55. The summed E-state index contributed by atoms with van der Waals surface area (Å²) in [6.07, 6.45) is 0. The molecule has 0 fully saturated rings. The van der Waals surface area contributed by atoms with Crippen LogP contribution in [0.2, 0.25) is 5.02 Å². The fourth-order valence-electron chi connectivity index (χ4n) is 2.45. The minimum absolute atomic E-state index is 0.0784. The molecule has 21 heavy (non-hydrogen) atoms. The van der Waals surface area contributed by atoms with Gasteiger partial charge >= 0.3 is 0 Å². The van der Waals surface area contributed by atoms with Crippen LogP contribution in [0.15, 0.2) is 65.5 Å². The number of methoxy groups -OCH3 is 1. The van der Waals surface area contributed by atoms with Crippen molar-refractivity contribution in [1.82, 2.24) is 0 Å². The first kappa shape index (κ1) is 13.7. The van der Waals surface area contributed by atoms with Crippen LogP contribution in [-0.4, -0.2) is 7.11 Å². The molecule has 0 bridgehead atoms. The van der Waals surface area contributed by atoms with Gasteiger partial charge in [0.05, 0.1) is 12.7 Å². The van der Waals surface area contributed by atoms with Crippen molar-refractivity contribution in [3.8, 4) is 16.9 Å². The first-order valence-corrected chi connectivity index (χ1v) is 6.94. The second kappa shape index (κ2) is 5.58. The lowest BCUT2D eigenvalue weighted by Crippen LogP contribution is -2.01. The average molecular weight is 297 g/mol. The van der Waals surface area contributed by atoms with Gasteiger partial charge in [-0.3, -0.25) is 4.79 Å². The van der Waals surface area contributed by atoms with Gasteiger partial charge in [-0.05, 0) is 29.1 Å². The Kier molecular flexibility index (Phi) is 3.63. The van der Waals surface area contributed by atoms with Gasteiger partial charge in [-0.15, -0.1) is 0 Å². The molecule has 0 saturated heterocycles. The van der Waals surface area contributed by atoms with Gasteiger partial charge in [0.2, 0.25) is 0 Å². The fraction of sp³-hybridized carbons (Fsp3) is 0.0556. The van der Waals surface area contributed by atoms with E-state index < -0.39 is 0 Å². The number of hydrogen-bond donors (Lipinski definition) is 0. The van der Waals surface area contributed by atoms with E-state index in [1.807, 2.05) is 42.5 Å². The van der Waals surface area contributed by atoms with E-state index in [0.29, 0.717) is 16.3 Å². The Morgan fingerprint density at radius 2 is 1.62 bits per heavy atom. The van der Waals surface area contributed by atoms with Gasteiger partial charge in [0.25, 0.3) is 0 Å². The Balaban J connectivity index is 2.44. The normalized spacial score (nSPS) is 10.6. The van der Waals surface area contributed by atoms with E-state index in [4.69, 9.17) is 16.3 Å². The fourth-order valence-corrected chi connectivity index (χ4v) is 2.57. The molecule has 0 aliphatic rings. The Morgan fingerprint density at radius 3 is 2.33 bits per heavy atom. The zero-order valence-corrected chi connectivity index (χ0v) is 12.2. The Bertz CT molecular complexity index is 855. The highest BCUT2D eigenvalue weighted by Crippen LogP contribution is 2.33. The topological polar surface area (TPSA) is 26.3 Å². The van der Waals surface area contributed by atoms with Gasteiger partial charge in [0.15, 0.2) is 5.43 Å². The molecule has 0 unspecified atom stereocenters. The summed E-state index contributed by atoms with van der Waals surface area (Å²) in [5.74, 6) is 0.586. The summed E-state index contributed by atoms with van der Waals surface area (Å²) in [7, 11) is 1.58. The zero-order chi connectivity index (χ0) is 14.8. The van der Waals surface area contributed by atoms with E-state index in [0.717, 1.165) is 16.3 Å². The van der Waals surface area contributed by atoms with Crippen LogP contribution in [0.1, 0.15) is 0 Å². The maximum absolute atomic E-state index is 12.5. The summed E-state index contributed by atoms with van der Waals surface area (Å²) in [6.45, 7) is 0. The molecule has 0 amide bonds. The molecule has 104 valence electrons. The molecule has 0 spiro atoms. The zero-order valence-electron chi connectivity index (χ0n) is 11.5. The summed E-state index contributed by atoms with van der Waals surface area (Å²) >= 11 is 5.92. The molecule has 0 N–H and O–H groups in total. The second-order valence-corrected chi connectivity index (χ2v) is 5.14. The lowest BCUT2D eigenvalue weighted by atomic mass is 10.0. The van der Waals surface area contributed by atoms with Crippen molar-refractivity contribution >= 4 is 22.4 Å². The van der Waals surface area contributed by atoms with Crippen molar-refractivity contribution in [3.05, 3.63) is 75.9 Å². The van der Waals surface area contributed by atoms with E-state index in [2.05, 4.69) is 0 Å². The summed E-state index contributed by atoms with van der Waals surface area (Å²) in [5.41, 5.74) is 1.27. The maximum atomic E-state index is 12.5. The highest BCUT2D eigenvalue weighted by Gasteiger charge is 2.12. The van der Waals surface area contributed by atoms with Crippen molar-refractivity contribution in [1.29, 1.82) is 0 Å². The molecule has 0 atom stereocenters. The monoisotopic (exact) mass is 296 g/mol. The van der Waals surface area contributed by atoms with Gasteiger partial charge < -0.3 is 4.74 Å². The summed E-state index contributed by atoms with van der Waals surface area (Å²) in [6, 6.07) is 18.4. The van der Waals surface area contributed by atoms with Gasteiger partial charge in [0, 0.05) is 10.4 Å². The third-order valence-corrected chi connectivity index (χ3v) is 3.68. The van der Waals surface area contributed by atoms with Crippen molar-refractivity contribution in [2.45, 2.75) is 0 Å². The summed E-state index contributed by atoms with van der Waals surface area (Å²) in [5, 5.41) is 2.51. The largest absolute Gasteiger partial charge is 0.495 e. The Hall–Kier alpha value is -2.32. The molecule has 3 heteroatoms. The van der Waals surface area contributed by atoms with Crippen LogP contribution < -0.4 is 10.2 Å². The van der Waals surface area contributed by atoms with Crippen LogP contribution in [0.25, 0.3) is 21.9 Å². The minimum atomic E-state index is -0.0784. The van der Waals surface area contributed by atoms with Gasteiger partial charge in [0.1, 0.15) is 5.75 Å². The average Bonchev–Trinajstić information content (AvgIpc) is 2.65. The molecule has 0 aliphatic carbocycles. The SMILES string of the molecule is COc1c(-c2ccc(Cl)cc2)c(=O)ccc2ccccc12. The van der Waals surface area contributed by atoms with Crippen molar-refractivity contribution in [3.63, 3.8) is 0 Å². The lowest BCUT2D eigenvalue weighted by Gasteiger charge is -2.07. The number of rotatable bonds is 2. The molecule has 3 aromatic rings. The van der Waals surface area contributed by atoms with Crippen LogP contribution in [0.4, 0.5) is 0 Å². The number of hydrogen-bond acceptors (Lipinski definition) is 2. The predicted octanol–water partition coefficient (Wildman–Crippen LogP) is 4.53.